The SMILES string of the molecule is CCCOc1ccc(C2/C(=C(\O)c3c(C)nc4ccccn34)C(=O)C(=O)N2c2nc3c(C)cc(C)cc3s2)cc1OCC. The summed E-state index contributed by atoms with van der Waals surface area (Å²) in [7, 11) is 0. The van der Waals surface area contributed by atoms with Gasteiger partial charge in [-0.25, -0.2) is 9.97 Å². The second-order valence-corrected chi connectivity index (χ2v) is 11.6. The van der Waals surface area contributed by atoms with Gasteiger partial charge in [-0.05, 0) is 81.1 Å². The molecule has 9 nitrogen and oxygen atoms in total. The molecule has 0 bridgehead atoms. The second kappa shape index (κ2) is 11.2. The van der Waals surface area contributed by atoms with Crippen LogP contribution in [0, 0.1) is 20.8 Å². The van der Waals surface area contributed by atoms with Crippen LogP contribution in [0.15, 0.2) is 60.3 Å². The van der Waals surface area contributed by atoms with Gasteiger partial charge in [0, 0.05) is 6.20 Å². The van der Waals surface area contributed by atoms with Crippen LogP contribution in [0.3, 0.4) is 0 Å². The lowest BCUT2D eigenvalue weighted by Crippen LogP contribution is -2.29. The van der Waals surface area contributed by atoms with Gasteiger partial charge in [-0.15, -0.1) is 0 Å². The maximum Gasteiger partial charge on any atom is 0.301 e. The summed E-state index contributed by atoms with van der Waals surface area (Å²) in [5.74, 6) is -0.826. The topological polar surface area (TPSA) is 106 Å². The predicted octanol–water partition coefficient (Wildman–Crippen LogP) is 6.68. The van der Waals surface area contributed by atoms with Gasteiger partial charge in [-0.1, -0.05) is 36.5 Å². The van der Waals surface area contributed by atoms with Gasteiger partial charge < -0.3 is 14.6 Å². The highest BCUT2D eigenvalue weighted by molar-refractivity contribution is 7.22. The van der Waals surface area contributed by atoms with E-state index in [1.807, 2.05) is 58.0 Å². The number of rotatable bonds is 8. The monoisotopic (exact) mass is 596 g/mol. The van der Waals surface area contributed by atoms with Crippen molar-refractivity contribution in [1.82, 2.24) is 14.4 Å². The van der Waals surface area contributed by atoms with Crippen LogP contribution in [-0.2, 0) is 9.59 Å². The summed E-state index contributed by atoms with van der Waals surface area (Å²) in [4.78, 5) is 38.6. The Hall–Kier alpha value is -4.70. The molecule has 43 heavy (non-hydrogen) atoms. The molecule has 5 aromatic rings. The van der Waals surface area contributed by atoms with E-state index in [2.05, 4.69) is 4.98 Å². The zero-order chi connectivity index (χ0) is 30.4. The number of amides is 1. The van der Waals surface area contributed by atoms with E-state index in [1.54, 1.807) is 35.7 Å². The highest BCUT2D eigenvalue weighted by Crippen LogP contribution is 2.46. The number of benzene rings is 2. The molecule has 4 heterocycles. The molecule has 1 amide bonds. The Morgan fingerprint density at radius 1 is 1.00 bits per heavy atom. The van der Waals surface area contributed by atoms with Crippen LogP contribution in [0.5, 0.6) is 11.5 Å². The normalized spacial score (nSPS) is 16.5. The first-order valence-electron chi connectivity index (χ1n) is 14.3. The molecule has 0 spiro atoms. The molecule has 2 aromatic carbocycles. The molecule has 1 saturated heterocycles. The number of carbonyl (C=O) groups excluding carboxylic acids is 2. The van der Waals surface area contributed by atoms with Gasteiger partial charge in [0.15, 0.2) is 22.4 Å². The van der Waals surface area contributed by atoms with Crippen LogP contribution < -0.4 is 14.4 Å². The highest BCUT2D eigenvalue weighted by atomic mass is 32.1. The van der Waals surface area contributed by atoms with Crippen molar-refractivity contribution >= 4 is 49.8 Å². The Balaban J connectivity index is 1.60. The molecule has 1 fully saturated rings. The van der Waals surface area contributed by atoms with Crippen LogP contribution in [0.1, 0.15) is 54.4 Å². The lowest BCUT2D eigenvalue weighted by atomic mass is 9.96. The number of carbonyl (C=O) groups is 2. The Bertz CT molecular complexity index is 1940. The van der Waals surface area contributed by atoms with Gasteiger partial charge in [0.1, 0.15) is 11.3 Å². The zero-order valence-corrected chi connectivity index (χ0v) is 25.5. The summed E-state index contributed by atoms with van der Waals surface area (Å²) in [6, 6.07) is 13.9. The van der Waals surface area contributed by atoms with E-state index < -0.39 is 17.7 Å². The number of pyridine rings is 1. The van der Waals surface area contributed by atoms with Crippen LogP contribution in [-0.4, -0.2) is 44.4 Å². The third-order valence-electron chi connectivity index (χ3n) is 7.44. The molecule has 6 rings (SSSR count). The number of aromatic nitrogens is 3. The van der Waals surface area contributed by atoms with Gasteiger partial charge in [-0.2, -0.15) is 0 Å². The van der Waals surface area contributed by atoms with Crippen LogP contribution in [0.2, 0.25) is 0 Å². The number of aliphatic hydroxyl groups is 1. The standard InChI is InChI=1S/C33H32N4O5S/c1-6-14-42-22-12-11-21(17-23(22)41-7-2)29-26(30(38)28-20(5)34-25-10-8-9-13-36(25)28)31(39)32(40)37(29)33-35-27-19(4)15-18(3)16-24(27)43-33/h8-13,15-17,29,38H,6-7,14H2,1-5H3/b30-26+. The number of ketones is 1. The largest absolute Gasteiger partial charge is 0.505 e. The molecule has 1 unspecified atom stereocenters. The number of Topliss-reactive ketones (excluding diaryl/α,β-unsaturated/α-hetero) is 1. The Labute approximate surface area is 253 Å². The number of anilines is 1. The Morgan fingerprint density at radius 2 is 1.81 bits per heavy atom. The van der Waals surface area contributed by atoms with Crippen LogP contribution >= 0.6 is 11.3 Å². The van der Waals surface area contributed by atoms with E-state index in [9.17, 15) is 14.7 Å². The first-order valence-corrected chi connectivity index (χ1v) is 15.1. The lowest BCUT2D eigenvalue weighted by molar-refractivity contribution is -0.132. The number of thiazole rings is 1. The van der Waals surface area contributed by atoms with Crippen molar-refractivity contribution in [2.24, 2.45) is 0 Å². The number of fused-ring (bicyclic) bond motifs is 2. The summed E-state index contributed by atoms with van der Waals surface area (Å²) >= 11 is 1.34. The van der Waals surface area contributed by atoms with Gasteiger partial charge in [-0.3, -0.25) is 18.9 Å². The number of aliphatic hydroxyl groups excluding tert-OH is 1. The quantitative estimate of drug-likeness (QED) is 0.121. The smallest absolute Gasteiger partial charge is 0.301 e. The summed E-state index contributed by atoms with van der Waals surface area (Å²) in [6.45, 7) is 10.5. The van der Waals surface area contributed by atoms with Crippen molar-refractivity contribution in [1.29, 1.82) is 0 Å². The van der Waals surface area contributed by atoms with Gasteiger partial charge >= 0.3 is 5.91 Å². The average Bonchev–Trinajstić information content (AvgIpc) is 3.63. The molecular formula is C33H32N4O5S. The number of hydrogen-bond donors (Lipinski definition) is 1. The van der Waals surface area contributed by atoms with E-state index in [-0.39, 0.29) is 11.3 Å². The molecule has 0 radical (unpaired) electrons. The molecular weight excluding hydrogens is 564 g/mol. The van der Waals surface area contributed by atoms with E-state index >= 15 is 0 Å². The summed E-state index contributed by atoms with van der Waals surface area (Å²) < 4.78 is 14.5. The minimum absolute atomic E-state index is 0.0458. The molecule has 1 aliphatic heterocycles. The Morgan fingerprint density at radius 3 is 2.58 bits per heavy atom. The first-order chi connectivity index (χ1) is 20.7. The van der Waals surface area contributed by atoms with Crippen molar-refractivity contribution in [3.63, 3.8) is 0 Å². The molecule has 0 saturated carbocycles. The minimum atomic E-state index is -0.977. The molecule has 3 aromatic heterocycles. The van der Waals surface area contributed by atoms with E-state index in [0.717, 1.165) is 27.8 Å². The maximum atomic E-state index is 13.9. The number of hydrogen-bond acceptors (Lipinski definition) is 8. The molecule has 220 valence electrons. The molecule has 1 atom stereocenters. The summed E-state index contributed by atoms with van der Waals surface area (Å²) in [5, 5.41) is 12.3. The number of aryl methyl sites for hydroxylation is 3. The average molecular weight is 597 g/mol. The van der Waals surface area contributed by atoms with Crippen molar-refractivity contribution < 1.29 is 24.2 Å². The van der Waals surface area contributed by atoms with Crippen LogP contribution in [0.4, 0.5) is 5.13 Å². The third-order valence-corrected chi connectivity index (χ3v) is 8.44. The first kappa shape index (κ1) is 28.4. The molecule has 1 N–H and O–H groups in total. The maximum absolute atomic E-state index is 13.9. The van der Waals surface area contributed by atoms with Gasteiger partial charge in [0.2, 0.25) is 0 Å². The third kappa shape index (κ3) is 4.81. The molecule has 0 aliphatic carbocycles. The Kier molecular flexibility index (Phi) is 7.39. The van der Waals surface area contributed by atoms with Crippen molar-refractivity contribution in [2.75, 3.05) is 18.1 Å². The van der Waals surface area contributed by atoms with Crippen molar-refractivity contribution in [2.45, 2.75) is 47.1 Å². The molecule has 1 aliphatic rings. The number of nitrogens with zero attached hydrogens (tertiary/aromatic N) is 4. The second-order valence-electron chi connectivity index (χ2n) is 10.6. The van der Waals surface area contributed by atoms with E-state index in [4.69, 9.17) is 14.5 Å². The number of imidazole rings is 1. The number of ether oxygens (including phenoxy) is 2. The van der Waals surface area contributed by atoms with E-state index in [1.165, 1.54) is 16.2 Å². The van der Waals surface area contributed by atoms with Crippen molar-refractivity contribution in [3.05, 3.63) is 88.4 Å². The predicted molar refractivity (Wildman–Crippen MR) is 167 cm³/mol. The van der Waals surface area contributed by atoms with Gasteiger partial charge in [0.05, 0.1) is 40.7 Å². The molecule has 10 heteroatoms. The van der Waals surface area contributed by atoms with Gasteiger partial charge in [0.25, 0.3) is 5.78 Å². The fraction of sp³-hybridized carbons (Fsp3) is 0.273. The minimum Gasteiger partial charge on any atom is -0.505 e. The lowest BCUT2D eigenvalue weighted by Gasteiger charge is -2.24. The summed E-state index contributed by atoms with van der Waals surface area (Å²) in [6.07, 6.45) is 2.59. The summed E-state index contributed by atoms with van der Waals surface area (Å²) in [5.41, 5.74) is 4.83. The fourth-order valence-corrected chi connectivity index (χ4v) is 6.80. The van der Waals surface area contributed by atoms with Crippen molar-refractivity contribution in [3.8, 4) is 11.5 Å². The highest BCUT2D eigenvalue weighted by Gasteiger charge is 2.49. The fourth-order valence-electron chi connectivity index (χ4n) is 5.63. The zero-order valence-electron chi connectivity index (χ0n) is 24.7. The van der Waals surface area contributed by atoms with E-state index in [0.29, 0.717) is 52.4 Å². The van der Waals surface area contributed by atoms with Crippen LogP contribution in [0.25, 0.3) is 21.6 Å².